The van der Waals surface area contributed by atoms with E-state index in [0.717, 1.165) is 23.7 Å². The highest BCUT2D eigenvalue weighted by molar-refractivity contribution is 5.28. The van der Waals surface area contributed by atoms with Crippen molar-refractivity contribution in [3.05, 3.63) is 11.9 Å². The van der Waals surface area contributed by atoms with Crippen LogP contribution in [0.15, 0.2) is 6.20 Å². The van der Waals surface area contributed by atoms with Crippen LogP contribution in [0.4, 0.5) is 5.95 Å². The lowest BCUT2D eigenvalue weighted by molar-refractivity contribution is 0.0607. The minimum atomic E-state index is 0.590. The predicted molar refractivity (Wildman–Crippen MR) is 69.2 cm³/mol. The summed E-state index contributed by atoms with van der Waals surface area (Å²) in [6.45, 7) is 2.04. The fraction of sp³-hybridized carbons (Fsp3) is 0.769. The molecule has 2 atom stereocenters. The molecule has 0 saturated carbocycles. The molecule has 0 aliphatic carbocycles. The predicted octanol–water partition coefficient (Wildman–Crippen LogP) is 2.15. The molecular formula is C13H22N4. The maximum Gasteiger partial charge on any atom is 0.200 e. The fourth-order valence-corrected chi connectivity index (χ4v) is 3.41. The molecule has 3 rings (SSSR count). The van der Waals surface area contributed by atoms with Gasteiger partial charge in [0.2, 0.25) is 5.95 Å². The third-order valence-corrected chi connectivity index (χ3v) is 4.38. The van der Waals surface area contributed by atoms with E-state index in [-0.39, 0.29) is 0 Å². The number of imidazole rings is 1. The van der Waals surface area contributed by atoms with Crippen LogP contribution < -0.4 is 5.32 Å². The van der Waals surface area contributed by atoms with Crippen molar-refractivity contribution in [2.24, 2.45) is 0 Å². The molecule has 2 fully saturated rings. The van der Waals surface area contributed by atoms with E-state index in [1.54, 1.807) is 0 Å². The zero-order valence-electron chi connectivity index (χ0n) is 10.7. The van der Waals surface area contributed by atoms with E-state index in [1.807, 2.05) is 13.1 Å². The highest BCUT2D eigenvalue weighted by atomic mass is 15.2. The van der Waals surface area contributed by atoms with Crippen LogP contribution in [0.3, 0.4) is 0 Å². The second kappa shape index (κ2) is 4.33. The second-order valence-electron chi connectivity index (χ2n) is 5.63. The molecule has 17 heavy (non-hydrogen) atoms. The number of aromatic nitrogens is 2. The molecule has 0 radical (unpaired) electrons. The van der Waals surface area contributed by atoms with Crippen LogP contribution in [0.2, 0.25) is 0 Å². The smallest absolute Gasteiger partial charge is 0.200 e. The highest BCUT2D eigenvalue weighted by Crippen LogP contribution is 2.33. The minimum absolute atomic E-state index is 0.590. The van der Waals surface area contributed by atoms with Crippen LogP contribution in [0, 0.1) is 6.92 Å². The van der Waals surface area contributed by atoms with Crippen LogP contribution in [-0.4, -0.2) is 40.0 Å². The van der Waals surface area contributed by atoms with Gasteiger partial charge in [0.15, 0.2) is 0 Å². The van der Waals surface area contributed by atoms with Gasteiger partial charge in [0.05, 0.1) is 0 Å². The lowest BCUT2D eigenvalue weighted by atomic mass is 9.82. The Labute approximate surface area is 103 Å². The zero-order chi connectivity index (χ0) is 11.8. The first kappa shape index (κ1) is 11.1. The number of nitrogens with one attached hydrogen (secondary N) is 2. The number of fused-ring (bicyclic) bond motifs is 2. The average molecular weight is 234 g/mol. The van der Waals surface area contributed by atoms with Crippen LogP contribution in [0.5, 0.6) is 0 Å². The Hall–Kier alpha value is -1.03. The second-order valence-corrected chi connectivity index (χ2v) is 5.63. The molecule has 3 heterocycles. The summed E-state index contributed by atoms with van der Waals surface area (Å²) in [6.07, 6.45) is 8.54. The number of aromatic amines is 1. The molecule has 1 aromatic heterocycles. The fourth-order valence-electron chi connectivity index (χ4n) is 3.41. The first-order valence-electron chi connectivity index (χ1n) is 6.72. The lowest BCUT2D eigenvalue weighted by Crippen LogP contribution is -2.52. The monoisotopic (exact) mass is 234 g/mol. The van der Waals surface area contributed by atoms with Gasteiger partial charge in [-0.25, -0.2) is 4.98 Å². The summed E-state index contributed by atoms with van der Waals surface area (Å²) in [5.74, 6) is 0.940. The Bertz CT molecular complexity index is 373. The first-order valence-corrected chi connectivity index (χ1v) is 6.72. The molecule has 2 saturated heterocycles. The van der Waals surface area contributed by atoms with Crippen LogP contribution in [0.1, 0.15) is 37.8 Å². The van der Waals surface area contributed by atoms with E-state index in [1.165, 1.54) is 32.1 Å². The van der Waals surface area contributed by atoms with E-state index in [9.17, 15) is 0 Å². The topological polar surface area (TPSA) is 44.0 Å². The van der Waals surface area contributed by atoms with Crippen LogP contribution >= 0.6 is 0 Å². The SMILES string of the molecule is Cc1cnc(NC2CC3CCCC(C2)N3C)[nH]1. The molecule has 4 heteroatoms. The van der Waals surface area contributed by atoms with Gasteiger partial charge in [0, 0.05) is 30.0 Å². The molecule has 1 aromatic rings. The molecule has 2 unspecified atom stereocenters. The quantitative estimate of drug-likeness (QED) is 0.824. The van der Waals surface area contributed by atoms with Crippen LogP contribution in [0.25, 0.3) is 0 Å². The maximum absolute atomic E-state index is 4.34. The third-order valence-electron chi connectivity index (χ3n) is 4.38. The van der Waals surface area contributed by atoms with Gasteiger partial charge in [-0.1, -0.05) is 6.42 Å². The van der Waals surface area contributed by atoms with Gasteiger partial charge in [-0.2, -0.15) is 0 Å². The van der Waals surface area contributed by atoms with Crippen molar-refractivity contribution < 1.29 is 0 Å². The van der Waals surface area contributed by atoms with Gasteiger partial charge in [-0.05, 0) is 39.7 Å². The van der Waals surface area contributed by atoms with Crippen molar-refractivity contribution in [1.29, 1.82) is 0 Å². The molecule has 0 amide bonds. The van der Waals surface area contributed by atoms with Gasteiger partial charge in [0.1, 0.15) is 0 Å². The lowest BCUT2D eigenvalue weighted by Gasteiger charge is -2.47. The van der Waals surface area contributed by atoms with Crippen molar-refractivity contribution in [2.75, 3.05) is 12.4 Å². The molecule has 2 aliphatic heterocycles. The van der Waals surface area contributed by atoms with E-state index in [2.05, 4.69) is 27.2 Å². The molecule has 2 bridgehead atoms. The largest absolute Gasteiger partial charge is 0.353 e. The number of rotatable bonds is 2. The Balaban J connectivity index is 1.66. The maximum atomic E-state index is 4.34. The summed E-state index contributed by atoms with van der Waals surface area (Å²) < 4.78 is 0. The van der Waals surface area contributed by atoms with E-state index < -0.39 is 0 Å². The number of piperidine rings is 2. The summed E-state index contributed by atoms with van der Waals surface area (Å²) in [4.78, 5) is 10.2. The van der Waals surface area contributed by atoms with Crippen molar-refractivity contribution in [1.82, 2.24) is 14.9 Å². The molecule has 94 valence electrons. The van der Waals surface area contributed by atoms with Gasteiger partial charge in [0.25, 0.3) is 0 Å². The summed E-state index contributed by atoms with van der Waals surface area (Å²) in [5, 5.41) is 3.56. The Morgan fingerprint density at radius 1 is 1.35 bits per heavy atom. The number of H-pyrrole nitrogens is 1. The summed E-state index contributed by atoms with van der Waals surface area (Å²) in [7, 11) is 2.29. The average Bonchev–Trinajstić information content (AvgIpc) is 2.66. The third kappa shape index (κ3) is 2.18. The van der Waals surface area contributed by atoms with Crippen molar-refractivity contribution in [3.63, 3.8) is 0 Å². The Morgan fingerprint density at radius 3 is 2.65 bits per heavy atom. The van der Waals surface area contributed by atoms with Crippen LogP contribution in [-0.2, 0) is 0 Å². The van der Waals surface area contributed by atoms with Gasteiger partial charge < -0.3 is 15.2 Å². The Kier molecular flexibility index (Phi) is 2.82. The van der Waals surface area contributed by atoms with Gasteiger partial charge in [-0.15, -0.1) is 0 Å². The molecule has 4 nitrogen and oxygen atoms in total. The Morgan fingerprint density at radius 2 is 2.06 bits per heavy atom. The molecule has 2 N–H and O–H groups in total. The number of aryl methyl sites for hydroxylation is 1. The summed E-state index contributed by atoms with van der Waals surface area (Å²) in [6, 6.07) is 2.14. The standard InChI is InChI=1S/C13H22N4/c1-9-8-14-13(15-9)16-10-6-11-4-3-5-12(7-10)17(11)2/h8,10-12H,3-7H2,1-2H3,(H2,14,15,16). The molecule has 0 aromatic carbocycles. The van der Waals surface area contributed by atoms with E-state index in [0.29, 0.717) is 6.04 Å². The van der Waals surface area contributed by atoms with E-state index >= 15 is 0 Å². The molecular weight excluding hydrogens is 212 g/mol. The number of nitrogens with zero attached hydrogens (tertiary/aromatic N) is 2. The number of hydrogen-bond acceptors (Lipinski definition) is 3. The minimum Gasteiger partial charge on any atom is -0.353 e. The molecule has 2 aliphatic rings. The normalized spacial score (nSPS) is 33.6. The van der Waals surface area contributed by atoms with E-state index in [4.69, 9.17) is 0 Å². The summed E-state index contributed by atoms with van der Waals surface area (Å²) in [5.41, 5.74) is 1.13. The highest BCUT2D eigenvalue weighted by Gasteiger charge is 2.35. The number of anilines is 1. The van der Waals surface area contributed by atoms with Gasteiger partial charge >= 0.3 is 0 Å². The first-order chi connectivity index (χ1) is 8.22. The van der Waals surface area contributed by atoms with Gasteiger partial charge in [-0.3, -0.25) is 0 Å². The van der Waals surface area contributed by atoms with Crippen molar-refractivity contribution >= 4 is 5.95 Å². The summed E-state index contributed by atoms with van der Waals surface area (Å²) >= 11 is 0. The van der Waals surface area contributed by atoms with Crippen molar-refractivity contribution in [2.45, 2.75) is 57.2 Å². The zero-order valence-corrected chi connectivity index (χ0v) is 10.7. The number of hydrogen-bond donors (Lipinski definition) is 2. The van der Waals surface area contributed by atoms with Crippen molar-refractivity contribution in [3.8, 4) is 0 Å². The molecule has 0 spiro atoms.